The minimum absolute atomic E-state index is 0.177. The zero-order valence-electron chi connectivity index (χ0n) is 17.4. The first-order valence-electron chi connectivity index (χ1n) is 10.1. The van der Waals surface area contributed by atoms with Crippen molar-refractivity contribution in [2.24, 2.45) is 0 Å². The fourth-order valence-corrected chi connectivity index (χ4v) is 3.21. The number of carbonyl (C=O) groups is 1. The number of hydrogen-bond donors (Lipinski definition) is 2. The summed E-state index contributed by atoms with van der Waals surface area (Å²) in [5.41, 5.74) is 1.76. The highest BCUT2D eigenvalue weighted by atomic mass is 19.4. The molecule has 0 saturated heterocycles. The Labute approximate surface area is 188 Å². The van der Waals surface area contributed by atoms with Gasteiger partial charge in [0, 0.05) is 31.0 Å². The smallest absolute Gasteiger partial charge is 0.334 e. The van der Waals surface area contributed by atoms with Crippen LogP contribution in [0.25, 0.3) is 16.9 Å². The van der Waals surface area contributed by atoms with E-state index in [1.54, 1.807) is 30.5 Å². The molecule has 0 unspecified atom stereocenters. The van der Waals surface area contributed by atoms with E-state index in [1.807, 2.05) is 30.3 Å². The van der Waals surface area contributed by atoms with Crippen LogP contribution in [0.15, 0.2) is 85.2 Å². The SMILES string of the molecule is O=C(NCc1ccccc1)NCc1ccc(-n2nc(-c3cccnc3)cc2C(F)(F)F)cc1. The number of rotatable bonds is 6. The quantitative estimate of drug-likeness (QED) is 0.436. The highest BCUT2D eigenvalue weighted by Gasteiger charge is 2.36. The molecule has 0 aliphatic carbocycles. The molecule has 2 heterocycles. The molecule has 9 heteroatoms. The van der Waals surface area contributed by atoms with Crippen molar-refractivity contribution in [2.75, 3.05) is 0 Å². The van der Waals surface area contributed by atoms with Gasteiger partial charge in [-0.3, -0.25) is 4.98 Å². The predicted molar refractivity (Wildman–Crippen MR) is 117 cm³/mol. The molecule has 0 radical (unpaired) electrons. The van der Waals surface area contributed by atoms with E-state index in [2.05, 4.69) is 20.7 Å². The molecular formula is C24H20F3N5O. The molecule has 0 aliphatic rings. The standard InChI is InChI=1S/C24H20F3N5O/c25-24(26,27)22-13-21(19-7-4-12-28-16-19)31-32(22)20-10-8-18(9-11-20)15-30-23(33)29-14-17-5-2-1-3-6-17/h1-13,16H,14-15H2,(H2,29,30,33). The van der Waals surface area contributed by atoms with E-state index in [0.29, 0.717) is 12.1 Å². The molecular weight excluding hydrogens is 431 g/mol. The summed E-state index contributed by atoms with van der Waals surface area (Å²) in [4.78, 5) is 15.9. The highest BCUT2D eigenvalue weighted by Crippen LogP contribution is 2.33. The molecule has 6 nitrogen and oxygen atoms in total. The van der Waals surface area contributed by atoms with Gasteiger partial charge >= 0.3 is 12.2 Å². The molecule has 2 N–H and O–H groups in total. The van der Waals surface area contributed by atoms with Gasteiger partial charge in [-0.2, -0.15) is 18.3 Å². The molecule has 0 fully saturated rings. The number of nitrogens with zero attached hydrogens (tertiary/aromatic N) is 3. The van der Waals surface area contributed by atoms with Crippen LogP contribution in [-0.2, 0) is 19.3 Å². The normalized spacial score (nSPS) is 11.2. The number of amides is 2. The van der Waals surface area contributed by atoms with Crippen LogP contribution in [0.4, 0.5) is 18.0 Å². The van der Waals surface area contributed by atoms with Crippen LogP contribution in [-0.4, -0.2) is 20.8 Å². The molecule has 0 aliphatic heterocycles. The van der Waals surface area contributed by atoms with Crippen LogP contribution in [0.2, 0.25) is 0 Å². The summed E-state index contributed by atoms with van der Waals surface area (Å²) >= 11 is 0. The third-order valence-corrected chi connectivity index (χ3v) is 4.89. The molecule has 0 atom stereocenters. The summed E-state index contributed by atoms with van der Waals surface area (Å²) in [6, 6.07) is 19.8. The molecule has 0 bridgehead atoms. The second-order valence-corrected chi connectivity index (χ2v) is 7.25. The zero-order chi connectivity index (χ0) is 23.3. The lowest BCUT2D eigenvalue weighted by Gasteiger charge is -2.11. The predicted octanol–water partition coefficient (Wildman–Crippen LogP) is 4.95. The Morgan fingerprint density at radius 3 is 2.15 bits per heavy atom. The summed E-state index contributed by atoms with van der Waals surface area (Å²) in [5, 5.41) is 9.64. The third-order valence-electron chi connectivity index (χ3n) is 4.89. The van der Waals surface area contributed by atoms with Crippen LogP contribution < -0.4 is 10.6 Å². The van der Waals surface area contributed by atoms with Crippen molar-refractivity contribution in [3.8, 4) is 16.9 Å². The van der Waals surface area contributed by atoms with Crippen LogP contribution in [0.3, 0.4) is 0 Å². The molecule has 2 aromatic heterocycles. The Morgan fingerprint density at radius 2 is 1.55 bits per heavy atom. The number of halogens is 3. The van der Waals surface area contributed by atoms with E-state index in [4.69, 9.17) is 0 Å². The summed E-state index contributed by atoms with van der Waals surface area (Å²) in [5.74, 6) is 0. The number of hydrogen-bond acceptors (Lipinski definition) is 3. The number of carbonyl (C=O) groups excluding carboxylic acids is 1. The topological polar surface area (TPSA) is 71.8 Å². The maximum absolute atomic E-state index is 13.6. The largest absolute Gasteiger partial charge is 0.433 e. The number of alkyl halides is 3. The molecule has 0 spiro atoms. The van der Waals surface area contributed by atoms with Gasteiger partial charge in [-0.05, 0) is 41.5 Å². The Balaban J connectivity index is 1.44. The second-order valence-electron chi connectivity index (χ2n) is 7.25. The summed E-state index contributed by atoms with van der Waals surface area (Å²) in [6.45, 7) is 0.622. The van der Waals surface area contributed by atoms with Crippen molar-refractivity contribution in [3.63, 3.8) is 0 Å². The molecule has 2 amide bonds. The number of aromatic nitrogens is 3. The van der Waals surface area contributed by atoms with Gasteiger partial charge in [-0.15, -0.1) is 0 Å². The van der Waals surface area contributed by atoms with Crippen molar-refractivity contribution < 1.29 is 18.0 Å². The minimum Gasteiger partial charge on any atom is -0.334 e. The van der Waals surface area contributed by atoms with Gasteiger partial charge in [0.1, 0.15) is 5.69 Å². The number of pyridine rings is 1. The van der Waals surface area contributed by atoms with Crippen LogP contribution in [0, 0.1) is 0 Å². The Kier molecular flexibility index (Phi) is 6.39. The van der Waals surface area contributed by atoms with Gasteiger partial charge in [0.15, 0.2) is 0 Å². The Hall–Kier alpha value is -4.14. The van der Waals surface area contributed by atoms with Crippen molar-refractivity contribution >= 4 is 6.03 Å². The maximum atomic E-state index is 13.6. The minimum atomic E-state index is -4.58. The van der Waals surface area contributed by atoms with Crippen LogP contribution in [0.1, 0.15) is 16.8 Å². The first-order chi connectivity index (χ1) is 15.9. The summed E-state index contributed by atoms with van der Waals surface area (Å²) in [6.07, 6.45) is -1.57. The second kappa shape index (κ2) is 9.56. The van der Waals surface area contributed by atoms with Gasteiger partial charge in [-0.1, -0.05) is 42.5 Å². The molecule has 4 aromatic rings. The van der Waals surface area contributed by atoms with Gasteiger partial charge in [0.25, 0.3) is 0 Å². The Morgan fingerprint density at radius 1 is 0.879 bits per heavy atom. The van der Waals surface area contributed by atoms with Gasteiger partial charge in [0.2, 0.25) is 0 Å². The molecule has 168 valence electrons. The van der Waals surface area contributed by atoms with Gasteiger partial charge in [0.05, 0.1) is 11.4 Å². The van der Waals surface area contributed by atoms with Crippen molar-refractivity contribution in [2.45, 2.75) is 19.3 Å². The van der Waals surface area contributed by atoms with Gasteiger partial charge in [-0.25, -0.2) is 9.48 Å². The number of benzene rings is 2. The Bertz CT molecular complexity index is 1210. The summed E-state index contributed by atoms with van der Waals surface area (Å²) < 4.78 is 41.7. The van der Waals surface area contributed by atoms with Crippen molar-refractivity contribution in [1.82, 2.24) is 25.4 Å². The van der Waals surface area contributed by atoms with E-state index in [-0.39, 0.29) is 24.0 Å². The fraction of sp³-hybridized carbons (Fsp3) is 0.125. The maximum Gasteiger partial charge on any atom is 0.433 e. The average Bonchev–Trinajstić information content (AvgIpc) is 3.29. The van der Waals surface area contributed by atoms with E-state index >= 15 is 0 Å². The van der Waals surface area contributed by atoms with Gasteiger partial charge < -0.3 is 10.6 Å². The first kappa shape index (κ1) is 22.1. The highest BCUT2D eigenvalue weighted by molar-refractivity contribution is 5.73. The van der Waals surface area contributed by atoms with Crippen LogP contribution in [0.5, 0.6) is 0 Å². The van der Waals surface area contributed by atoms with Crippen molar-refractivity contribution in [3.05, 3.63) is 102 Å². The summed E-state index contributed by atoms with van der Waals surface area (Å²) in [7, 11) is 0. The zero-order valence-corrected chi connectivity index (χ0v) is 17.4. The molecule has 4 rings (SSSR count). The molecule has 0 saturated carbocycles. The molecule has 2 aromatic carbocycles. The number of urea groups is 1. The van der Waals surface area contributed by atoms with Crippen LogP contribution >= 0.6 is 0 Å². The third kappa shape index (κ3) is 5.57. The lowest BCUT2D eigenvalue weighted by molar-refractivity contribution is -0.142. The fourth-order valence-electron chi connectivity index (χ4n) is 3.21. The first-order valence-corrected chi connectivity index (χ1v) is 10.1. The van der Waals surface area contributed by atoms with E-state index in [1.165, 1.54) is 18.3 Å². The van der Waals surface area contributed by atoms with E-state index in [9.17, 15) is 18.0 Å². The average molecular weight is 451 g/mol. The number of nitrogens with one attached hydrogen (secondary N) is 2. The lowest BCUT2D eigenvalue weighted by atomic mass is 10.2. The monoisotopic (exact) mass is 451 g/mol. The van der Waals surface area contributed by atoms with E-state index in [0.717, 1.165) is 21.9 Å². The van der Waals surface area contributed by atoms with Crippen molar-refractivity contribution in [1.29, 1.82) is 0 Å². The molecule has 33 heavy (non-hydrogen) atoms. The van der Waals surface area contributed by atoms with E-state index < -0.39 is 11.9 Å². The lowest BCUT2D eigenvalue weighted by Crippen LogP contribution is -2.34.